The first kappa shape index (κ1) is 10.8. The van der Waals surface area contributed by atoms with Gasteiger partial charge in [0.1, 0.15) is 0 Å². The Morgan fingerprint density at radius 3 is 2.00 bits per heavy atom. The smallest absolute Gasteiger partial charge is 0.197 e. The summed E-state index contributed by atoms with van der Waals surface area (Å²) in [4.78, 5) is 24.1. The lowest BCUT2D eigenvalue weighted by Crippen LogP contribution is -2.22. The van der Waals surface area contributed by atoms with E-state index in [1.54, 1.807) is 12.1 Å². The average Bonchev–Trinajstić information content (AvgIpc) is 2.39. The number of halogens is 2. The van der Waals surface area contributed by atoms with Gasteiger partial charge < -0.3 is 0 Å². The molecule has 0 unspecified atom stereocenters. The molecule has 0 atom stereocenters. The molecule has 0 saturated heterocycles. The van der Waals surface area contributed by atoms with Gasteiger partial charge in [0.05, 0.1) is 5.56 Å². The molecule has 0 fully saturated rings. The van der Waals surface area contributed by atoms with Gasteiger partial charge in [-0.3, -0.25) is 9.59 Å². The minimum absolute atomic E-state index is 0.0856. The van der Waals surface area contributed by atoms with Crippen molar-refractivity contribution in [3.63, 3.8) is 0 Å². The highest BCUT2D eigenvalue weighted by atomic mass is 19.2. The molecule has 0 amide bonds. The minimum atomic E-state index is -1.26. The fraction of sp³-hybridized carbons (Fsp3) is 0. The maximum Gasteiger partial charge on any atom is 0.197 e. The fourth-order valence-electron chi connectivity index (χ4n) is 2.12. The molecule has 3 rings (SSSR count). The number of rotatable bonds is 0. The van der Waals surface area contributed by atoms with Crippen LogP contribution in [0.25, 0.3) is 0 Å². The second-order valence-electron chi connectivity index (χ2n) is 3.99. The minimum Gasteiger partial charge on any atom is -0.289 e. The van der Waals surface area contributed by atoms with E-state index in [-0.39, 0.29) is 16.7 Å². The van der Waals surface area contributed by atoms with Gasteiger partial charge in [0.25, 0.3) is 0 Å². The van der Waals surface area contributed by atoms with E-state index in [1.807, 2.05) is 0 Å². The largest absolute Gasteiger partial charge is 0.289 e. The average molecular weight is 244 g/mol. The summed E-state index contributed by atoms with van der Waals surface area (Å²) in [6, 6.07) is 8.13. The topological polar surface area (TPSA) is 34.1 Å². The van der Waals surface area contributed by atoms with Crippen LogP contribution in [-0.2, 0) is 0 Å². The van der Waals surface area contributed by atoms with Crippen molar-refractivity contribution in [2.45, 2.75) is 0 Å². The molecule has 2 aromatic carbocycles. The number of hydrogen-bond donors (Lipinski definition) is 0. The van der Waals surface area contributed by atoms with Gasteiger partial charge in [0.15, 0.2) is 23.2 Å². The SMILES string of the molecule is O=C1c2ccccc2C(=O)c2c1ccc(F)c2F. The van der Waals surface area contributed by atoms with Crippen molar-refractivity contribution in [3.05, 3.63) is 70.3 Å². The quantitative estimate of drug-likeness (QED) is 0.609. The number of benzene rings is 2. The molecule has 0 radical (unpaired) electrons. The van der Waals surface area contributed by atoms with E-state index in [2.05, 4.69) is 0 Å². The first-order valence-corrected chi connectivity index (χ1v) is 5.27. The molecule has 0 N–H and O–H groups in total. The van der Waals surface area contributed by atoms with Crippen molar-refractivity contribution < 1.29 is 18.4 Å². The monoisotopic (exact) mass is 244 g/mol. The summed E-state index contributed by atoms with van der Waals surface area (Å²) >= 11 is 0. The Morgan fingerprint density at radius 2 is 1.33 bits per heavy atom. The van der Waals surface area contributed by atoms with Crippen molar-refractivity contribution >= 4 is 11.6 Å². The molecule has 18 heavy (non-hydrogen) atoms. The van der Waals surface area contributed by atoms with Crippen LogP contribution in [0.4, 0.5) is 8.78 Å². The Bertz CT molecular complexity index is 705. The molecule has 2 nitrogen and oxygen atoms in total. The maximum absolute atomic E-state index is 13.7. The van der Waals surface area contributed by atoms with Crippen molar-refractivity contribution in [1.82, 2.24) is 0 Å². The Balaban J connectivity index is 2.38. The normalized spacial score (nSPS) is 13.2. The Kier molecular flexibility index (Phi) is 2.13. The van der Waals surface area contributed by atoms with Gasteiger partial charge in [-0.1, -0.05) is 24.3 Å². The summed E-state index contributed by atoms with van der Waals surface area (Å²) in [5, 5.41) is 0. The standard InChI is InChI=1S/C14H6F2O2/c15-10-6-5-9-11(12(10)16)14(18)8-4-2-1-3-7(8)13(9)17/h1-6H. The predicted molar refractivity (Wildman–Crippen MR) is 59.7 cm³/mol. The summed E-state index contributed by atoms with van der Waals surface area (Å²) in [7, 11) is 0. The summed E-state index contributed by atoms with van der Waals surface area (Å²) in [6.45, 7) is 0. The number of ketones is 2. The molecule has 0 aliphatic heterocycles. The molecule has 0 spiro atoms. The summed E-state index contributed by atoms with van der Waals surface area (Å²) in [6.07, 6.45) is 0. The molecule has 0 aromatic heterocycles. The van der Waals surface area contributed by atoms with Gasteiger partial charge >= 0.3 is 0 Å². The third kappa shape index (κ3) is 1.26. The van der Waals surface area contributed by atoms with Gasteiger partial charge in [-0.2, -0.15) is 0 Å². The molecular formula is C14H6F2O2. The van der Waals surface area contributed by atoms with E-state index in [0.717, 1.165) is 12.1 Å². The van der Waals surface area contributed by atoms with E-state index < -0.39 is 28.8 Å². The zero-order valence-corrected chi connectivity index (χ0v) is 9.04. The van der Waals surface area contributed by atoms with Crippen LogP contribution in [0.15, 0.2) is 36.4 Å². The Hall–Kier alpha value is -2.36. The second kappa shape index (κ2) is 3.57. The molecule has 4 heteroatoms. The first-order valence-electron chi connectivity index (χ1n) is 5.27. The van der Waals surface area contributed by atoms with Crippen molar-refractivity contribution in [1.29, 1.82) is 0 Å². The molecule has 0 saturated carbocycles. The van der Waals surface area contributed by atoms with E-state index in [1.165, 1.54) is 12.1 Å². The van der Waals surface area contributed by atoms with Crippen molar-refractivity contribution in [2.24, 2.45) is 0 Å². The highest BCUT2D eigenvalue weighted by molar-refractivity contribution is 6.28. The lowest BCUT2D eigenvalue weighted by molar-refractivity contribution is 0.0975. The van der Waals surface area contributed by atoms with Gasteiger partial charge in [0.2, 0.25) is 0 Å². The van der Waals surface area contributed by atoms with Crippen LogP contribution in [0, 0.1) is 11.6 Å². The van der Waals surface area contributed by atoms with Crippen molar-refractivity contribution in [3.8, 4) is 0 Å². The Labute approximate surface area is 101 Å². The maximum atomic E-state index is 13.7. The van der Waals surface area contributed by atoms with Crippen LogP contribution < -0.4 is 0 Å². The molecule has 1 aliphatic carbocycles. The zero-order chi connectivity index (χ0) is 12.9. The summed E-state index contributed by atoms with van der Waals surface area (Å²) in [5.41, 5.74) is -0.225. The Morgan fingerprint density at radius 1 is 0.722 bits per heavy atom. The lowest BCUT2D eigenvalue weighted by atomic mass is 9.84. The third-order valence-electron chi connectivity index (χ3n) is 2.98. The summed E-state index contributed by atoms with van der Waals surface area (Å²) < 4.78 is 26.8. The van der Waals surface area contributed by atoms with Crippen LogP contribution in [0.5, 0.6) is 0 Å². The molecule has 88 valence electrons. The van der Waals surface area contributed by atoms with Crippen LogP contribution in [0.3, 0.4) is 0 Å². The third-order valence-corrected chi connectivity index (χ3v) is 2.98. The van der Waals surface area contributed by atoms with Gasteiger partial charge in [-0.25, -0.2) is 8.78 Å². The molecule has 1 aliphatic rings. The predicted octanol–water partition coefficient (Wildman–Crippen LogP) is 2.74. The van der Waals surface area contributed by atoms with E-state index >= 15 is 0 Å². The number of hydrogen-bond acceptors (Lipinski definition) is 2. The first-order chi connectivity index (χ1) is 8.61. The lowest BCUT2D eigenvalue weighted by Gasteiger charge is -2.17. The van der Waals surface area contributed by atoms with E-state index in [9.17, 15) is 18.4 Å². The summed E-state index contributed by atoms with van der Waals surface area (Å²) in [5.74, 6) is -3.51. The molecule has 2 aromatic rings. The van der Waals surface area contributed by atoms with Crippen LogP contribution >= 0.6 is 0 Å². The zero-order valence-electron chi connectivity index (χ0n) is 9.04. The van der Waals surface area contributed by atoms with Gasteiger partial charge in [-0.15, -0.1) is 0 Å². The molecular weight excluding hydrogens is 238 g/mol. The highest BCUT2D eigenvalue weighted by Gasteiger charge is 2.32. The number of fused-ring (bicyclic) bond motifs is 2. The molecule has 0 heterocycles. The van der Waals surface area contributed by atoms with Crippen LogP contribution in [0.1, 0.15) is 31.8 Å². The molecule has 0 bridgehead atoms. The van der Waals surface area contributed by atoms with Gasteiger partial charge in [-0.05, 0) is 12.1 Å². The second-order valence-corrected chi connectivity index (χ2v) is 3.99. The van der Waals surface area contributed by atoms with Crippen LogP contribution in [-0.4, -0.2) is 11.6 Å². The van der Waals surface area contributed by atoms with Crippen molar-refractivity contribution in [2.75, 3.05) is 0 Å². The van der Waals surface area contributed by atoms with Gasteiger partial charge in [0, 0.05) is 16.7 Å². The van der Waals surface area contributed by atoms with E-state index in [4.69, 9.17) is 0 Å². The van der Waals surface area contributed by atoms with Crippen LogP contribution in [0.2, 0.25) is 0 Å². The highest BCUT2D eigenvalue weighted by Crippen LogP contribution is 2.29. The number of carbonyl (C=O) groups is 2. The van der Waals surface area contributed by atoms with E-state index in [0.29, 0.717) is 0 Å². The number of carbonyl (C=O) groups excluding carboxylic acids is 2. The fourth-order valence-corrected chi connectivity index (χ4v) is 2.12.